The quantitative estimate of drug-likeness (QED) is 0.672. The van der Waals surface area contributed by atoms with Crippen LogP contribution in [0, 0.1) is 3.57 Å². The molecule has 128 valence electrons. The Balaban J connectivity index is 2.25. The highest BCUT2D eigenvalue weighted by atomic mass is 127. The van der Waals surface area contributed by atoms with Crippen molar-refractivity contribution < 1.29 is 19.4 Å². The van der Waals surface area contributed by atoms with E-state index in [2.05, 4.69) is 22.6 Å². The van der Waals surface area contributed by atoms with Crippen molar-refractivity contribution in [3.05, 3.63) is 57.2 Å². The van der Waals surface area contributed by atoms with Gasteiger partial charge in [0.1, 0.15) is 11.5 Å². The minimum atomic E-state index is -0.127. The second-order valence-electron chi connectivity index (χ2n) is 5.13. The van der Waals surface area contributed by atoms with Crippen LogP contribution in [0.25, 0.3) is 0 Å². The molecular weight excluding hydrogens is 421 g/mol. The Morgan fingerprint density at radius 1 is 1.12 bits per heavy atom. The van der Waals surface area contributed by atoms with E-state index in [9.17, 15) is 9.90 Å². The molecule has 2 rings (SSSR count). The number of rotatable bonds is 7. The first-order valence-corrected chi connectivity index (χ1v) is 8.53. The monoisotopic (exact) mass is 441 g/mol. The maximum absolute atomic E-state index is 12.7. The Kier molecular flexibility index (Phi) is 6.86. The number of carbonyl (C=O) groups excluding carboxylic acids is 1. The van der Waals surface area contributed by atoms with Gasteiger partial charge in [-0.15, -0.1) is 0 Å². The molecule has 0 heterocycles. The van der Waals surface area contributed by atoms with Gasteiger partial charge < -0.3 is 19.5 Å². The standard InChI is InChI=1S/C18H20INO4/c1-23-16-8-5-14(17(11-16)24-2)12-20(9-10-21)18(22)13-3-6-15(19)7-4-13/h3-8,11,21H,9-10,12H2,1-2H3. The third-order valence-corrected chi connectivity index (χ3v) is 4.32. The van der Waals surface area contributed by atoms with Crippen LogP contribution in [0.15, 0.2) is 42.5 Å². The normalized spacial score (nSPS) is 10.3. The summed E-state index contributed by atoms with van der Waals surface area (Å²) in [5, 5.41) is 9.32. The van der Waals surface area contributed by atoms with E-state index in [0.29, 0.717) is 23.6 Å². The van der Waals surface area contributed by atoms with Gasteiger partial charge in [-0.05, 0) is 59.0 Å². The van der Waals surface area contributed by atoms with E-state index < -0.39 is 0 Å². The van der Waals surface area contributed by atoms with Crippen LogP contribution in [0.1, 0.15) is 15.9 Å². The number of benzene rings is 2. The van der Waals surface area contributed by atoms with Crippen LogP contribution in [-0.4, -0.2) is 43.3 Å². The van der Waals surface area contributed by atoms with E-state index in [1.807, 2.05) is 24.3 Å². The highest BCUT2D eigenvalue weighted by Crippen LogP contribution is 2.26. The predicted octanol–water partition coefficient (Wildman–Crippen LogP) is 2.94. The fourth-order valence-corrected chi connectivity index (χ4v) is 2.70. The first-order valence-electron chi connectivity index (χ1n) is 7.45. The van der Waals surface area contributed by atoms with Crippen LogP contribution >= 0.6 is 22.6 Å². The van der Waals surface area contributed by atoms with Gasteiger partial charge in [0.15, 0.2) is 0 Å². The van der Waals surface area contributed by atoms with Crippen molar-refractivity contribution in [3.63, 3.8) is 0 Å². The first-order chi connectivity index (χ1) is 11.6. The molecule has 1 N–H and O–H groups in total. The lowest BCUT2D eigenvalue weighted by Crippen LogP contribution is -2.33. The van der Waals surface area contributed by atoms with Gasteiger partial charge in [-0.3, -0.25) is 4.79 Å². The summed E-state index contributed by atoms with van der Waals surface area (Å²) in [5.41, 5.74) is 1.45. The number of methoxy groups -OCH3 is 2. The van der Waals surface area contributed by atoms with Crippen molar-refractivity contribution in [3.8, 4) is 11.5 Å². The van der Waals surface area contributed by atoms with Gasteiger partial charge in [-0.25, -0.2) is 0 Å². The van der Waals surface area contributed by atoms with Crippen LogP contribution in [-0.2, 0) is 6.54 Å². The molecule has 0 saturated carbocycles. The Bertz CT molecular complexity index is 688. The molecule has 0 fully saturated rings. The smallest absolute Gasteiger partial charge is 0.254 e. The second kappa shape index (κ2) is 8.89. The van der Waals surface area contributed by atoms with Gasteiger partial charge >= 0.3 is 0 Å². The summed E-state index contributed by atoms with van der Waals surface area (Å²) in [4.78, 5) is 14.3. The zero-order valence-corrected chi connectivity index (χ0v) is 15.8. The molecule has 0 radical (unpaired) electrons. The van der Waals surface area contributed by atoms with E-state index in [1.54, 1.807) is 37.3 Å². The van der Waals surface area contributed by atoms with Crippen LogP contribution in [0.2, 0.25) is 0 Å². The molecule has 1 amide bonds. The Morgan fingerprint density at radius 2 is 1.83 bits per heavy atom. The van der Waals surface area contributed by atoms with Gasteiger partial charge in [-0.2, -0.15) is 0 Å². The molecule has 0 saturated heterocycles. The number of ether oxygens (including phenoxy) is 2. The molecular formula is C18H20INO4. The van der Waals surface area contributed by atoms with E-state index in [4.69, 9.17) is 9.47 Å². The lowest BCUT2D eigenvalue weighted by molar-refractivity contribution is 0.0706. The Morgan fingerprint density at radius 3 is 2.42 bits per heavy atom. The molecule has 5 nitrogen and oxygen atoms in total. The molecule has 0 bridgehead atoms. The van der Waals surface area contributed by atoms with E-state index in [0.717, 1.165) is 9.13 Å². The molecule has 2 aromatic carbocycles. The zero-order chi connectivity index (χ0) is 17.5. The van der Waals surface area contributed by atoms with Crippen molar-refractivity contribution in [2.24, 2.45) is 0 Å². The van der Waals surface area contributed by atoms with Crippen molar-refractivity contribution in [1.29, 1.82) is 0 Å². The number of amides is 1. The number of aliphatic hydroxyl groups excluding tert-OH is 1. The highest BCUT2D eigenvalue weighted by molar-refractivity contribution is 14.1. The topological polar surface area (TPSA) is 59.0 Å². The maximum Gasteiger partial charge on any atom is 0.254 e. The zero-order valence-electron chi connectivity index (χ0n) is 13.7. The van der Waals surface area contributed by atoms with Crippen molar-refractivity contribution >= 4 is 28.5 Å². The minimum absolute atomic E-state index is 0.103. The van der Waals surface area contributed by atoms with E-state index in [1.165, 1.54) is 0 Å². The summed E-state index contributed by atoms with van der Waals surface area (Å²) in [6, 6.07) is 12.8. The maximum atomic E-state index is 12.7. The minimum Gasteiger partial charge on any atom is -0.497 e. The lowest BCUT2D eigenvalue weighted by atomic mass is 10.1. The van der Waals surface area contributed by atoms with Crippen LogP contribution < -0.4 is 9.47 Å². The summed E-state index contributed by atoms with van der Waals surface area (Å²) < 4.78 is 11.6. The number of hydrogen-bond acceptors (Lipinski definition) is 4. The second-order valence-corrected chi connectivity index (χ2v) is 6.38. The average molecular weight is 441 g/mol. The van der Waals surface area contributed by atoms with Gasteiger partial charge in [0.25, 0.3) is 5.91 Å². The van der Waals surface area contributed by atoms with E-state index >= 15 is 0 Å². The summed E-state index contributed by atoms with van der Waals surface area (Å²) in [5.74, 6) is 1.21. The van der Waals surface area contributed by atoms with Gasteiger partial charge in [-0.1, -0.05) is 0 Å². The van der Waals surface area contributed by atoms with Gasteiger partial charge in [0.05, 0.1) is 20.8 Å². The first kappa shape index (κ1) is 18.5. The molecule has 24 heavy (non-hydrogen) atoms. The Labute approximate surface area is 155 Å². The van der Waals surface area contributed by atoms with Crippen LogP contribution in [0.4, 0.5) is 0 Å². The predicted molar refractivity (Wildman–Crippen MR) is 101 cm³/mol. The fraction of sp³-hybridized carbons (Fsp3) is 0.278. The average Bonchev–Trinajstić information content (AvgIpc) is 2.61. The molecule has 2 aromatic rings. The van der Waals surface area contributed by atoms with Crippen molar-refractivity contribution in [1.82, 2.24) is 4.90 Å². The molecule has 0 aliphatic heterocycles. The number of hydrogen-bond donors (Lipinski definition) is 1. The summed E-state index contributed by atoms with van der Waals surface area (Å²) in [6.45, 7) is 0.493. The molecule has 0 atom stereocenters. The van der Waals surface area contributed by atoms with Gasteiger partial charge in [0, 0.05) is 33.9 Å². The molecule has 0 aliphatic carbocycles. The Hall–Kier alpha value is -1.80. The number of halogens is 1. The molecule has 0 aliphatic rings. The number of nitrogens with zero attached hydrogens (tertiary/aromatic N) is 1. The summed E-state index contributed by atoms with van der Waals surface area (Å²) in [6.07, 6.45) is 0. The van der Waals surface area contributed by atoms with Crippen molar-refractivity contribution in [2.75, 3.05) is 27.4 Å². The molecule has 0 spiro atoms. The highest BCUT2D eigenvalue weighted by Gasteiger charge is 2.18. The van der Waals surface area contributed by atoms with Crippen molar-refractivity contribution in [2.45, 2.75) is 6.54 Å². The molecule has 0 aromatic heterocycles. The number of carbonyl (C=O) groups is 1. The van der Waals surface area contributed by atoms with Gasteiger partial charge in [0.2, 0.25) is 0 Å². The molecule has 6 heteroatoms. The summed E-state index contributed by atoms with van der Waals surface area (Å²) >= 11 is 2.20. The third kappa shape index (κ3) is 4.61. The SMILES string of the molecule is COc1ccc(CN(CCO)C(=O)c2ccc(I)cc2)c(OC)c1. The van der Waals surface area contributed by atoms with Crippen LogP contribution in [0.3, 0.4) is 0 Å². The summed E-state index contributed by atoms with van der Waals surface area (Å²) in [7, 11) is 3.17. The molecule has 0 unspecified atom stereocenters. The lowest BCUT2D eigenvalue weighted by Gasteiger charge is -2.23. The number of aliphatic hydroxyl groups is 1. The van der Waals surface area contributed by atoms with Crippen LogP contribution in [0.5, 0.6) is 11.5 Å². The third-order valence-electron chi connectivity index (χ3n) is 3.60. The largest absolute Gasteiger partial charge is 0.497 e. The van der Waals surface area contributed by atoms with E-state index in [-0.39, 0.29) is 19.1 Å². The fourth-order valence-electron chi connectivity index (χ4n) is 2.34.